The molecular weight excluding hydrogens is 264 g/mol. The molecule has 3 nitrogen and oxygen atoms in total. The highest BCUT2D eigenvalue weighted by Gasteiger charge is 2.02. The molecule has 0 amide bonds. The van der Waals surface area contributed by atoms with Crippen molar-refractivity contribution in [1.29, 1.82) is 0 Å². The molecule has 0 saturated carbocycles. The Hall–Kier alpha value is -1.25. The maximum Gasteiger partial charge on any atom is 0.330 e. The lowest BCUT2D eigenvalue weighted by atomic mass is 10.0. The molecule has 21 heavy (non-hydrogen) atoms. The van der Waals surface area contributed by atoms with Crippen molar-refractivity contribution in [1.82, 2.24) is 0 Å². The van der Waals surface area contributed by atoms with E-state index in [1.807, 2.05) is 0 Å². The zero-order chi connectivity index (χ0) is 16.3. The molecule has 0 fully saturated rings. The number of hydrogen-bond acceptors (Lipinski definition) is 2. The zero-order valence-electron chi connectivity index (χ0n) is 14.0. The number of carboxylic acids is 1. The van der Waals surface area contributed by atoms with E-state index in [2.05, 4.69) is 24.8 Å². The summed E-state index contributed by atoms with van der Waals surface area (Å²) in [4.78, 5) is 10.5. The topological polar surface area (TPSA) is 46.5 Å². The van der Waals surface area contributed by atoms with Gasteiger partial charge in [-0.05, 0) is 12.8 Å². The summed E-state index contributed by atoms with van der Waals surface area (Å²) < 4.78 is 4.31. The van der Waals surface area contributed by atoms with Gasteiger partial charge >= 0.3 is 5.97 Å². The standard InChI is InChI=1S/C15H28O2.C3H6O/c1-3-4-5-6-7-8-9-10-11-12-13-14(2)15(16)17;1-3-4-2/h2-13H2,1H3,(H,16,17);3H,1H2,2H3. The molecule has 0 unspecified atom stereocenters. The fourth-order valence-electron chi connectivity index (χ4n) is 1.93. The molecule has 0 aromatic carbocycles. The fraction of sp³-hybridized carbons (Fsp3) is 0.722. The van der Waals surface area contributed by atoms with Crippen molar-refractivity contribution in [2.45, 2.75) is 77.6 Å². The van der Waals surface area contributed by atoms with Gasteiger partial charge in [0.05, 0.1) is 13.4 Å². The molecule has 0 atom stereocenters. The molecule has 0 rings (SSSR count). The molecule has 0 spiro atoms. The Labute approximate surface area is 131 Å². The Morgan fingerprint density at radius 2 is 1.38 bits per heavy atom. The SMILES string of the molecule is C=C(CCCCCCCCCCCC)C(=O)O.C=COC. The van der Waals surface area contributed by atoms with Crippen LogP contribution in [0, 0.1) is 0 Å². The second-order valence-electron chi connectivity index (χ2n) is 5.24. The Kier molecular flexibility index (Phi) is 19.7. The van der Waals surface area contributed by atoms with Crippen LogP contribution in [0.15, 0.2) is 25.0 Å². The van der Waals surface area contributed by atoms with E-state index in [1.54, 1.807) is 7.11 Å². The maximum atomic E-state index is 10.5. The molecule has 1 N–H and O–H groups in total. The molecule has 0 saturated heterocycles. The van der Waals surface area contributed by atoms with E-state index >= 15 is 0 Å². The average Bonchev–Trinajstić information content (AvgIpc) is 2.49. The van der Waals surface area contributed by atoms with Gasteiger partial charge in [0.2, 0.25) is 0 Å². The van der Waals surface area contributed by atoms with E-state index in [0.29, 0.717) is 12.0 Å². The molecule has 0 aromatic heterocycles. The summed E-state index contributed by atoms with van der Waals surface area (Å²) in [5, 5.41) is 8.63. The Balaban J connectivity index is 0. The van der Waals surface area contributed by atoms with Crippen LogP contribution >= 0.6 is 0 Å². The van der Waals surface area contributed by atoms with E-state index in [1.165, 1.54) is 57.6 Å². The van der Waals surface area contributed by atoms with Gasteiger partial charge in [-0.3, -0.25) is 0 Å². The number of carboxylic acid groups (broad SMARTS) is 1. The molecule has 0 radical (unpaired) electrons. The van der Waals surface area contributed by atoms with Crippen LogP contribution in [0.3, 0.4) is 0 Å². The number of hydrogen-bond donors (Lipinski definition) is 1. The van der Waals surface area contributed by atoms with Crippen molar-refractivity contribution < 1.29 is 14.6 Å². The third kappa shape index (κ3) is 21.2. The largest absolute Gasteiger partial charge is 0.505 e. The van der Waals surface area contributed by atoms with Crippen LogP contribution in [-0.2, 0) is 9.53 Å². The highest BCUT2D eigenvalue weighted by atomic mass is 16.5. The van der Waals surface area contributed by atoms with E-state index in [-0.39, 0.29) is 0 Å². The second-order valence-corrected chi connectivity index (χ2v) is 5.24. The average molecular weight is 298 g/mol. The first-order chi connectivity index (χ1) is 10.1. The Bertz CT molecular complexity index is 259. The molecule has 3 heteroatoms. The normalized spacial score (nSPS) is 9.43. The minimum Gasteiger partial charge on any atom is -0.505 e. The van der Waals surface area contributed by atoms with E-state index in [9.17, 15) is 4.79 Å². The quantitative estimate of drug-likeness (QED) is 0.269. The lowest BCUT2D eigenvalue weighted by Gasteiger charge is -2.02. The summed E-state index contributed by atoms with van der Waals surface area (Å²) in [7, 11) is 1.56. The minimum absolute atomic E-state index is 0.351. The first-order valence-corrected chi connectivity index (χ1v) is 8.14. The number of ether oxygens (including phenoxy) is 1. The van der Waals surface area contributed by atoms with Gasteiger partial charge in [0.25, 0.3) is 0 Å². The number of carbonyl (C=O) groups is 1. The van der Waals surface area contributed by atoms with Crippen molar-refractivity contribution in [2.24, 2.45) is 0 Å². The molecule has 124 valence electrons. The molecule has 0 bridgehead atoms. The third-order valence-corrected chi connectivity index (χ3v) is 3.30. The maximum absolute atomic E-state index is 10.5. The van der Waals surface area contributed by atoms with Crippen molar-refractivity contribution in [3.63, 3.8) is 0 Å². The second kappa shape index (κ2) is 18.8. The molecule has 0 heterocycles. The van der Waals surface area contributed by atoms with Crippen LogP contribution in [0.1, 0.15) is 77.6 Å². The lowest BCUT2D eigenvalue weighted by molar-refractivity contribution is -0.132. The van der Waals surface area contributed by atoms with Gasteiger partial charge < -0.3 is 9.84 Å². The summed E-state index contributed by atoms with van der Waals surface area (Å²) in [6.45, 7) is 9.03. The van der Waals surface area contributed by atoms with Crippen LogP contribution < -0.4 is 0 Å². The summed E-state index contributed by atoms with van der Waals surface area (Å²) in [6, 6.07) is 0. The van der Waals surface area contributed by atoms with Gasteiger partial charge in [-0.1, -0.05) is 77.9 Å². The van der Waals surface area contributed by atoms with E-state index in [4.69, 9.17) is 5.11 Å². The zero-order valence-corrected chi connectivity index (χ0v) is 14.0. The highest BCUT2D eigenvalue weighted by Crippen LogP contribution is 2.12. The summed E-state index contributed by atoms with van der Waals surface area (Å²) in [5.41, 5.74) is 0.351. The molecule has 0 aliphatic carbocycles. The van der Waals surface area contributed by atoms with Crippen LogP contribution in [-0.4, -0.2) is 18.2 Å². The van der Waals surface area contributed by atoms with Crippen molar-refractivity contribution in [3.8, 4) is 0 Å². The van der Waals surface area contributed by atoms with Crippen molar-refractivity contribution in [2.75, 3.05) is 7.11 Å². The Morgan fingerprint density at radius 1 is 1.00 bits per heavy atom. The van der Waals surface area contributed by atoms with Crippen LogP contribution in [0.25, 0.3) is 0 Å². The molecule has 0 aliphatic heterocycles. The lowest BCUT2D eigenvalue weighted by Crippen LogP contribution is -1.98. The van der Waals surface area contributed by atoms with Gasteiger partial charge in [0, 0.05) is 5.57 Å². The summed E-state index contributed by atoms with van der Waals surface area (Å²) in [5.74, 6) is -0.846. The number of rotatable bonds is 13. The predicted molar refractivity (Wildman–Crippen MR) is 90.4 cm³/mol. The van der Waals surface area contributed by atoms with Crippen molar-refractivity contribution in [3.05, 3.63) is 25.0 Å². The predicted octanol–water partition coefficient (Wildman–Crippen LogP) is 5.71. The minimum atomic E-state index is -0.846. The Morgan fingerprint density at radius 3 is 1.71 bits per heavy atom. The summed E-state index contributed by atoms with van der Waals surface area (Å²) in [6.07, 6.45) is 14.8. The first-order valence-electron chi connectivity index (χ1n) is 8.14. The monoisotopic (exact) mass is 298 g/mol. The van der Waals surface area contributed by atoms with Crippen LogP contribution in [0.2, 0.25) is 0 Å². The van der Waals surface area contributed by atoms with Crippen molar-refractivity contribution >= 4 is 5.97 Å². The number of methoxy groups -OCH3 is 1. The smallest absolute Gasteiger partial charge is 0.330 e. The van der Waals surface area contributed by atoms with Gasteiger partial charge in [-0.2, -0.15) is 0 Å². The first kappa shape index (κ1) is 22.0. The molecule has 0 aromatic rings. The van der Waals surface area contributed by atoms with Gasteiger partial charge in [0.1, 0.15) is 0 Å². The fourth-order valence-corrected chi connectivity index (χ4v) is 1.93. The van der Waals surface area contributed by atoms with Crippen LogP contribution in [0.4, 0.5) is 0 Å². The third-order valence-electron chi connectivity index (χ3n) is 3.30. The van der Waals surface area contributed by atoms with Gasteiger partial charge in [-0.25, -0.2) is 4.79 Å². The van der Waals surface area contributed by atoms with Crippen LogP contribution in [0.5, 0.6) is 0 Å². The highest BCUT2D eigenvalue weighted by molar-refractivity contribution is 5.85. The number of aliphatic carboxylic acids is 1. The van der Waals surface area contributed by atoms with Gasteiger partial charge in [-0.15, -0.1) is 0 Å². The van der Waals surface area contributed by atoms with E-state index in [0.717, 1.165) is 12.8 Å². The number of unbranched alkanes of at least 4 members (excludes halogenated alkanes) is 9. The van der Waals surface area contributed by atoms with E-state index < -0.39 is 5.97 Å². The molecular formula is C18H34O3. The molecule has 0 aliphatic rings. The summed E-state index contributed by atoms with van der Waals surface area (Å²) >= 11 is 0. The van der Waals surface area contributed by atoms with Gasteiger partial charge in [0.15, 0.2) is 0 Å².